The topological polar surface area (TPSA) is 0 Å². The Morgan fingerprint density at radius 2 is 1.00 bits per heavy atom. The first-order chi connectivity index (χ1) is 5.45. The van der Waals surface area contributed by atoms with Crippen LogP contribution in [0.4, 0.5) is 0 Å². The fourth-order valence-electron chi connectivity index (χ4n) is 0.480. The van der Waals surface area contributed by atoms with Crippen molar-refractivity contribution in [3.8, 4) is 0 Å². The smallest absolute Gasteiger partial charge is 0.0392 e. The number of hydrogen-bond donors (Lipinski definition) is 0. The molecule has 0 aromatic carbocycles. The molecule has 0 amide bonds. The van der Waals surface area contributed by atoms with Crippen molar-refractivity contribution in [1.29, 1.82) is 0 Å². The number of halogens is 2. The third-order valence-electron chi connectivity index (χ3n) is 1.33. The quantitative estimate of drug-likeness (QED) is 0.577. The van der Waals surface area contributed by atoms with Gasteiger partial charge in [-0.15, -0.1) is 0 Å². The number of rotatable bonds is 2. The molecule has 0 radical (unpaired) electrons. The van der Waals surface area contributed by atoms with Gasteiger partial charge in [0.25, 0.3) is 0 Å². The van der Waals surface area contributed by atoms with Gasteiger partial charge in [-0.25, -0.2) is 0 Å². The van der Waals surface area contributed by atoms with Gasteiger partial charge in [0.15, 0.2) is 0 Å². The van der Waals surface area contributed by atoms with Crippen molar-refractivity contribution in [3.63, 3.8) is 0 Å². The second-order valence-electron chi connectivity index (χ2n) is 3.03. The predicted molar refractivity (Wildman–Crippen MR) is 57.6 cm³/mol. The highest BCUT2D eigenvalue weighted by molar-refractivity contribution is 6.33. The average Bonchev–Trinajstić information content (AvgIpc) is 1.98. The zero-order chi connectivity index (χ0) is 9.72. The molecule has 0 bridgehead atoms. The van der Waals surface area contributed by atoms with Crippen molar-refractivity contribution in [2.75, 3.05) is 0 Å². The van der Waals surface area contributed by atoms with Gasteiger partial charge in [-0.1, -0.05) is 34.3 Å². The van der Waals surface area contributed by atoms with Gasteiger partial charge in [0.05, 0.1) is 0 Å². The molecule has 0 heterocycles. The van der Waals surface area contributed by atoms with Crippen molar-refractivity contribution in [2.45, 2.75) is 27.7 Å². The molecule has 0 aromatic rings. The highest BCUT2D eigenvalue weighted by atomic mass is 35.5. The third-order valence-corrected chi connectivity index (χ3v) is 2.34. The van der Waals surface area contributed by atoms with E-state index in [2.05, 4.69) is 0 Å². The molecule has 0 aliphatic heterocycles. The van der Waals surface area contributed by atoms with Crippen LogP contribution >= 0.6 is 23.2 Å². The maximum atomic E-state index is 5.88. The molecule has 0 fully saturated rings. The van der Waals surface area contributed by atoms with Gasteiger partial charge >= 0.3 is 0 Å². The van der Waals surface area contributed by atoms with Gasteiger partial charge < -0.3 is 0 Å². The van der Waals surface area contributed by atoms with E-state index >= 15 is 0 Å². The Balaban J connectivity index is 4.48. The van der Waals surface area contributed by atoms with Gasteiger partial charge in [0.2, 0.25) is 0 Å². The molecule has 0 saturated carbocycles. The van der Waals surface area contributed by atoms with E-state index in [0.717, 1.165) is 21.2 Å². The summed E-state index contributed by atoms with van der Waals surface area (Å²) in [7, 11) is 0. The maximum absolute atomic E-state index is 5.88. The van der Waals surface area contributed by atoms with Crippen LogP contribution in [0.2, 0.25) is 0 Å². The first-order valence-electron chi connectivity index (χ1n) is 3.79. The summed E-state index contributed by atoms with van der Waals surface area (Å²) < 4.78 is 0. The van der Waals surface area contributed by atoms with Crippen LogP contribution in [0.25, 0.3) is 0 Å². The van der Waals surface area contributed by atoms with Crippen molar-refractivity contribution in [3.05, 3.63) is 33.4 Å². The van der Waals surface area contributed by atoms with Crippen molar-refractivity contribution < 1.29 is 0 Å². The predicted octanol–water partition coefficient (Wildman–Crippen LogP) is 4.61. The van der Waals surface area contributed by atoms with Crippen LogP contribution in [0.3, 0.4) is 0 Å². The minimum Gasteiger partial charge on any atom is -0.0844 e. The van der Waals surface area contributed by atoms with E-state index in [-0.39, 0.29) is 0 Å². The molecular weight excluding hydrogens is 191 g/mol. The molecule has 0 aromatic heterocycles. The molecule has 0 saturated heterocycles. The highest BCUT2D eigenvalue weighted by Gasteiger charge is 1.90. The summed E-state index contributed by atoms with van der Waals surface area (Å²) in [5, 5.41) is 1.49. The van der Waals surface area contributed by atoms with E-state index in [0.29, 0.717) is 0 Å². The van der Waals surface area contributed by atoms with Crippen molar-refractivity contribution >= 4 is 23.2 Å². The molecule has 0 rings (SSSR count). The second-order valence-corrected chi connectivity index (χ2v) is 3.84. The van der Waals surface area contributed by atoms with Crippen LogP contribution in [0.5, 0.6) is 0 Å². The van der Waals surface area contributed by atoms with E-state index in [9.17, 15) is 0 Å². The first-order valence-corrected chi connectivity index (χ1v) is 4.54. The van der Waals surface area contributed by atoms with Crippen LogP contribution in [0, 0.1) is 0 Å². The summed E-state index contributed by atoms with van der Waals surface area (Å²) in [6.45, 7) is 7.85. The highest BCUT2D eigenvalue weighted by Crippen LogP contribution is 2.15. The lowest BCUT2D eigenvalue weighted by Crippen LogP contribution is -1.73. The van der Waals surface area contributed by atoms with Crippen molar-refractivity contribution in [1.82, 2.24) is 0 Å². The summed E-state index contributed by atoms with van der Waals surface area (Å²) in [5.41, 5.74) is 2.18. The fraction of sp³-hybridized carbons (Fsp3) is 0.400. The lowest BCUT2D eigenvalue weighted by molar-refractivity contribution is 1.36. The Labute approximate surface area is 84.6 Å². The zero-order valence-electron chi connectivity index (χ0n) is 7.91. The van der Waals surface area contributed by atoms with Gasteiger partial charge in [0, 0.05) is 10.1 Å². The van der Waals surface area contributed by atoms with Gasteiger partial charge in [0.1, 0.15) is 0 Å². The third kappa shape index (κ3) is 4.63. The van der Waals surface area contributed by atoms with Crippen LogP contribution in [0.15, 0.2) is 33.4 Å². The summed E-state index contributed by atoms with van der Waals surface area (Å²) >= 11 is 11.8. The number of allylic oxidation sites excluding steroid dienone is 6. The SMILES string of the molecule is CC(C)=C(Cl)/C=C/C(Cl)=C(C)C. The van der Waals surface area contributed by atoms with E-state index in [1.165, 1.54) is 0 Å². The molecule has 68 valence electrons. The van der Waals surface area contributed by atoms with Crippen LogP contribution in [-0.4, -0.2) is 0 Å². The van der Waals surface area contributed by atoms with Crippen LogP contribution < -0.4 is 0 Å². The molecule has 0 N–H and O–H groups in total. The molecule has 0 aliphatic rings. The minimum absolute atomic E-state index is 0.745. The Bertz CT molecular complexity index is 211. The maximum Gasteiger partial charge on any atom is 0.0392 e. The van der Waals surface area contributed by atoms with E-state index < -0.39 is 0 Å². The van der Waals surface area contributed by atoms with Gasteiger partial charge in [-0.2, -0.15) is 0 Å². The molecule has 0 nitrogen and oxygen atoms in total. The molecule has 2 heteroatoms. The summed E-state index contributed by atoms with van der Waals surface area (Å²) in [5.74, 6) is 0. The minimum atomic E-state index is 0.745. The molecule has 12 heavy (non-hydrogen) atoms. The van der Waals surface area contributed by atoms with Gasteiger partial charge in [-0.05, 0) is 39.8 Å². The Morgan fingerprint density at radius 1 is 0.750 bits per heavy atom. The summed E-state index contributed by atoms with van der Waals surface area (Å²) in [6.07, 6.45) is 3.62. The monoisotopic (exact) mass is 204 g/mol. The van der Waals surface area contributed by atoms with E-state index in [1.54, 1.807) is 0 Å². The lowest BCUT2D eigenvalue weighted by atomic mass is 10.2. The Morgan fingerprint density at radius 3 is 1.17 bits per heavy atom. The average molecular weight is 205 g/mol. The van der Waals surface area contributed by atoms with Crippen molar-refractivity contribution in [2.24, 2.45) is 0 Å². The molecule has 0 aliphatic carbocycles. The normalized spacial score (nSPS) is 10.2. The van der Waals surface area contributed by atoms with E-state index in [1.807, 2.05) is 39.8 Å². The fourth-order valence-corrected chi connectivity index (χ4v) is 0.606. The van der Waals surface area contributed by atoms with Crippen LogP contribution in [-0.2, 0) is 0 Å². The molecule has 0 unspecified atom stereocenters. The Kier molecular flexibility index (Phi) is 5.36. The zero-order valence-corrected chi connectivity index (χ0v) is 9.42. The summed E-state index contributed by atoms with van der Waals surface area (Å²) in [4.78, 5) is 0. The number of hydrogen-bond acceptors (Lipinski definition) is 0. The molecule has 0 spiro atoms. The first kappa shape index (κ1) is 11.8. The Hall–Kier alpha value is -0.200. The van der Waals surface area contributed by atoms with Gasteiger partial charge in [-0.3, -0.25) is 0 Å². The second kappa shape index (κ2) is 5.45. The summed E-state index contributed by atoms with van der Waals surface area (Å²) in [6, 6.07) is 0. The molecule has 0 atom stereocenters. The van der Waals surface area contributed by atoms with Crippen LogP contribution in [0.1, 0.15) is 27.7 Å². The lowest BCUT2D eigenvalue weighted by Gasteiger charge is -1.94. The molecular formula is C10H14Cl2. The largest absolute Gasteiger partial charge is 0.0844 e. The van der Waals surface area contributed by atoms with E-state index in [4.69, 9.17) is 23.2 Å². The standard InChI is InChI=1S/C10H14Cl2/c1-7(2)9(11)5-6-10(12)8(3)4/h5-6H,1-4H3/b6-5+.